The molecular formula is C10H17NO3S. The van der Waals surface area contributed by atoms with Crippen LogP contribution in [-0.2, 0) is 14.6 Å². The normalized spacial score (nSPS) is 44.7. The molecule has 3 aliphatic rings. The predicted octanol–water partition coefficient (Wildman–Crippen LogP) is -0.0595. The van der Waals surface area contributed by atoms with Gasteiger partial charge in [0.05, 0.1) is 23.7 Å². The van der Waals surface area contributed by atoms with Crippen molar-refractivity contribution in [3.8, 4) is 0 Å². The highest BCUT2D eigenvalue weighted by molar-refractivity contribution is 7.91. The first-order valence-electron chi connectivity index (χ1n) is 5.73. The van der Waals surface area contributed by atoms with Crippen molar-refractivity contribution in [2.75, 3.05) is 18.1 Å². The standard InChI is InChI=1S/C10H17NO3S/c12-15(13)4-3-9-8(6-15)11-5-10(14-9)7-1-2-7/h7-11H,1-6H2. The molecule has 0 bridgehead atoms. The molecule has 0 aromatic carbocycles. The Hall–Kier alpha value is -0.130. The molecule has 15 heavy (non-hydrogen) atoms. The maximum Gasteiger partial charge on any atom is 0.152 e. The molecule has 2 saturated heterocycles. The molecule has 86 valence electrons. The van der Waals surface area contributed by atoms with Gasteiger partial charge < -0.3 is 10.1 Å². The molecule has 3 atom stereocenters. The lowest BCUT2D eigenvalue weighted by molar-refractivity contribution is -0.0704. The molecule has 2 aliphatic heterocycles. The van der Waals surface area contributed by atoms with Crippen LogP contribution in [0.1, 0.15) is 19.3 Å². The van der Waals surface area contributed by atoms with E-state index in [4.69, 9.17) is 4.74 Å². The van der Waals surface area contributed by atoms with Gasteiger partial charge in [0.1, 0.15) is 0 Å². The minimum Gasteiger partial charge on any atom is -0.372 e. The van der Waals surface area contributed by atoms with E-state index in [1.807, 2.05) is 0 Å². The summed E-state index contributed by atoms with van der Waals surface area (Å²) in [5.41, 5.74) is 0. The monoisotopic (exact) mass is 231 g/mol. The number of ether oxygens (including phenoxy) is 1. The van der Waals surface area contributed by atoms with Crippen molar-refractivity contribution in [2.45, 2.75) is 37.5 Å². The summed E-state index contributed by atoms with van der Waals surface area (Å²) in [6, 6.07) is 0.0405. The molecule has 0 aromatic rings. The Labute approximate surface area is 90.3 Å². The van der Waals surface area contributed by atoms with Crippen molar-refractivity contribution in [3.05, 3.63) is 0 Å². The smallest absolute Gasteiger partial charge is 0.152 e. The summed E-state index contributed by atoms with van der Waals surface area (Å²) in [5, 5.41) is 3.34. The molecule has 1 aliphatic carbocycles. The van der Waals surface area contributed by atoms with Crippen LogP contribution in [0.2, 0.25) is 0 Å². The molecule has 0 amide bonds. The largest absolute Gasteiger partial charge is 0.372 e. The average Bonchev–Trinajstić information content (AvgIpc) is 2.99. The number of morpholine rings is 1. The second-order valence-electron chi connectivity index (χ2n) is 4.97. The number of hydrogen-bond donors (Lipinski definition) is 1. The Balaban J connectivity index is 1.67. The Morgan fingerprint density at radius 2 is 1.93 bits per heavy atom. The van der Waals surface area contributed by atoms with E-state index in [0.717, 1.165) is 12.5 Å². The third-order valence-electron chi connectivity index (χ3n) is 3.67. The van der Waals surface area contributed by atoms with Crippen molar-refractivity contribution in [1.82, 2.24) is 5.32 Å². The van der Waals surface area contributed by atoms with Crippen molar-refractivity contribution < 1.29 is 13.2 Å². The lowest BCUT2D eigenvalue weighted by Crippen LogP contribution is -2.58. The fraction of sp³-hybridized carbons (Fsp3) is 1.00. The molecule has 5 heteroatoms. The van der Waals surface area contributed by atoms with Gasteiger partial charge in [-0.25, -0.2) is 8.42 Å². The van der Waals surface area contributed by atoms with Crippen LogP contribution in [0.3, 0.4) is 0 Å². The van der Waals surface area contributed by atoms with Gasteiger partial charge in [-0.1, -0.05) is 0 Å². The number of rotatable bonds is 1. The fourth-order valence-corrected chi connectivity index (χ4v) is 4.24. The lowest BCUT2D eigenvalue weighted by Gasteiger charge is -2.40. The summed E-state index contributed by atoms with van der Waals surface area (Å²) >= 11 is 0. The molecule has 2 heterocycles. The van der Waals surface area contributed by atoms with Crippen molar-refractivity contribution in [1.29, 1.82) is 0 Å². The van der Waals surface area contributed by atoms with Gasteiger partial charge in [-0.05, 0) is 25.2 Å². The minimum atomic E-state index is -2.82. The third kappa shape index (κ3) is 2.05. The summed E-state index contributed by atoms with van der Waals surface area (Å²) in [6.45, 7) is 0.835. The van der Waals surface area contributed by atoms with Crippen LogP contribution in [0.25, 0.3) is 0 Å². The number of fused-ring (bicyclic) bond motifs is 1. The van der Waals surface area contributed by atoms with E-state index in [0.29, 0.717) is 18.3 Å². The highest BCUT2D eigenvalue weighted by Crippen LogP contribution is 2.37. The van der Waals surface area contributed by atoms with Gasteiger partial charge in [-0.15, -0.1) is 0 Å². The molecule has 3 fully saturated rings. The van der Waals surface area contributed by atoms with Crippen molar-refractivity contribution >= 4 is 9.84 Å². The zero-order chi connectivity index (χ0) is 10.5. The average molecular weight is 231 g/mol. The van der Waals surface area contributed by atoms with Gasteiger partial charge in [0.2, 0.25) is 0 Å². The number of nitrogens with one attached hydrogen (secondary N) is 1. The molecule has 0 aromatic heterocycles. The highest BCUT2D eigenvalue weighted by atomic mass is 32.2. The Morgan fingerprint density at radius 1 is 1.13 bits per heavy atom. The molecule has 1 N–H and O–H groups in total. The van der Waals surface area contributed by atoms with Gasteiger partial charge in [0.15, 0.2) is 9.84 Å². The summed E-state index contributed by atoms with van der Waals surface area (Å²) in [5.74, 6) is 1.29. The van der Waals surface area contributed by atoms with Crippen LogP contribution in [0.5, 0.6) is 0 Å². The van der Waals surface area contributed by atoms with Crippen LogP contribution in [-0.4, -0.2) is 44.7 Å². The van der Waals surface area contributed by atoms with Gasteiger partial charge in [0, 0.05) is 12.6 Å². The first-order valence-corrected chi connectivity index (χ1v) is 7.55. The molecule has 3 unspecified atom stereocenters. The summed E-state index contributed by atoms with van der Waals surface area (Å²) < 4.78 is 28.9. The Bertz CT molecular complexity index is 350. The van der Waals surface area contributed by atoms with Gasteiger partial charge >= 0.3 is 0 Å². The predicted molar refractivity (Wildman–Crippen MR) is 56.4 cm³/mol. The Morgan fingerprint density at radius 3 is 2.67 bits per heavy atom. The van der Waals surface area contributed by atoms with Crippen molar-refractivity contribution in [3.63, 3.8) is 0 Å². The van der Waals surface area contributed by atoms with E-state index >= 15 is 0 Å². The number of hydrogen-bond acceptors (Lipinski definition) is 4. The molecular weight excluding hydrogens is 214 g/mol. The number of sulfone groups is 1. The van der Waals surface area contributed by atoms with Gasteiger partial charge in [0.25, 0.3) is 0 Å². The van der Waals surface area contributed by atoms with Crippen LogP contribution >= 0.6 is 0 Å². The molecule has 4 nitrogen and oxygen atoms in total. The topological polar surface area (TPSA) is 55.4 Å². The van der Waals surface area contributed by atoms with Crippen LogP contribution < -0.4 is 5.32 Å². The second kappa shape index (κ2) is 3.43. The molecule has 3 rings (SSSR count). The maximum absolute atomic E-state index is 11.4. The zero-order valence-electron chi connectivity index (χ0n) is 8.69. The molecule has 0 radical (unpaired) electrons. The molecule has 1 saturated carbocycles. The van der Waals surface area contributed by atoms with Gasteiger partial charge in [-0.3, -0.25) is 0 Å². The van der Waals surface area contributed by atoms with Gasteiger partial charge in [-0.2, -0.15) is 0 Å². The first kappa shape index (κ1) is 10.1. The van der Waals surface area contributed by atoms with E-state index in [9.17, 15) is 8.42 Å². The third-order valence-corrected chi connectivity index (χ3v) is 5.40. The van der Waals surface area contributed by atoms with Crippen LogP contribution in [0.4, 0.5) is 0 Å². The van der Waals surface area contributed by atoms with E-state index in [1.165, 1.54) is 12.8 Å². The van der Waals surface area contributed by atoms with E-state index in [-0.39, 0.29) is 17.9 Å². The first-order chi connectivity index (χ1) is 7.14. The van der Waals surface area contributed by atoms with E-state index in [2.05, 4.69) is 5.32 Å². The molecule has 0 spiro atoms. The summed E-state index contributed by atoms with van der Waals surface area (Å²) in [6.07, 6.45) is 3.70. The summed E-state index contributed by atoms with van der Waals surface area (Å²) in [7, 11) is -2.82. The highest BCUT2D eigenvalue weighted by Gasteiger charge is 2.42. The zero-order valence-corrected chi connectivity index (χ0v) is 9.50. The van der Waals surface area contributed by atoms with Crippen LogP contribution in [0.15, 0.2) is 0 Å². The SMILES string of the molecule is O=S1(=O)CCC2OC(C3CC3)CNC2C1. The quantitative estimate of drug-likeness (QED) is 0.687. The van der Waals surface area contributed by atoms with E-state index in [1.54, 1.807) is 0 Å². The Kier molecular flexibility index (Phi) is 2.30. The van der Waals surface area contributed by atoms with E-state index < -0.39 is 9.84 Å². The second-order valence-corrected chi connectivity index (χ2v) is 7.20. The van der Waals surface area contributed by atoms with Crippen molar-refractivity contribution in [2.24, 2.45) is 5.92 Å². The minimum absolute atomic E-state index is 0.0405. The maximum atomic E-state index is 11.4. The van der Waals surface area contributed by atoms with Crippen LogP contribution in [0, 0.1) is 5.92 Å². The lowest BCUT2D eigenvalue weighted by atomic mass is 10.1. The fourth-order valence-electron chi connectivity index (χ4n) is 2.60. The summed E-state index contributed by atoms with van der Waals surface area (Å²) in [4.78, 5) is 0.